The van der Waals surface area contributed by atoms with Gasteiger partial charge in [0.2, 0.25) is 0 Å². The lowest BCUT2D eigenvalue weighted by Gasteiger charge is -2.17. The lowest BCUT2D eigenvalue weighted by atomic mass is 10.0. The van der Waals surface area contributed by atoms with E-state index in [0.717, 1.165) is 22.1 Å². The quantitative estimate of drug-likeness (QED) is 0.503. The van der Waals surface area contributed by atoms with Gasteiger partial charge in [-0.25, -0.2) is 0 Å². The number of pyridine rings is 1. The Kier molecular flexibility index (Phi) is 5.25. The van der Waals surface area contributed by atoms with E-state index in [-0.39, 0.29) is 11.9 Å². The first-order chi connectivity index (χ1) is 14.2. The standard InChI is InChI=1S/C25H22N2O2/c1-17(20-8-7-18-5-3-4-6-21(18)15-20)27-25(28)23-10-9-22(16-24(23)29-2)19-11-13-26-14-12-19/h3-17H,1-2H3,(H,27,28)/t17-/m1/s1. The zero-order valence-corrected chi connectivity index (χ0v) is 16.4. The molecule has 0 aliphatic heterocycles. The van der Waals surface area contributed by atoms with Gasteiger partial charge < -0.3 is 10.1 Å². The van der Waals surface area contributed by atoms with Crippen LogP contribution in [0.2, 0.25) is 0 Å². The minimum atomic E-state index is -0.163. The third kappa shape index (κ3) is 3.97. The van der Waals surface area contributed by atoms with Crippen molar-refractivity contribution in [3.05, 3.63) is 96.3 Å². The average Bonchev–Trinajstić information content (AvgIpc) is 2.78. The first-order valence-electron chi connectivity index (χ1n) is 9.54. The van der Waals surface area contributed by atoms with E-state index in [1.807, 2.05) is 43.3 Å². The highest BCUT2D eigenvalue weighted by molar-refractivity contribution is 5.98. The molecule has 0 saturated carbocycles. The second-order valence-corrected chi connectivity index (χ2v) is 6.95. The predicted octanol–water partition coefficient (Wildman–Crippen LogP) is 5.40. The van der Waals surface area contributed by atoms with Gasteiger partial charge in [0.05, 0.1) is 18.7 Å². The fraction of sp³-hybridized carbons (Fsp3) is 0.120. The van der Waals surface area contributed by atoms with Crippen molar-refractivity contribution in [2.45, 2.75) is 13.0 Å². The Balaban J connectivity index is 1.57. The Labute approximate surface area is 170 Å². The van der Waals surface area contributed by atoms with E-state index >= 15 is 0 Å². The third-order valence-corrected chi connectivity index (χ3v) is 5.08. The average molecular weight is 382 g/mol. The van der Waals surface area contributed by atoms with Crippen molar-refractivity contribution < 1.29 is 9.53 Å². The van der Waals surface area contributed by atoms with E-state index < -0.39 is 0 Å². The number of methoxy groups -OCH3 is 1. The van der Waals surface area contributed by atoms with Crippen molar-refractivity contribution in [1.82, 2.24) is 10.3 Å². The molecule has 0 fully saturated rings. The molecule has 1 amide bonds. The van der Waals surface area contributed by atoms with Crippen LogP contribution >= 0.6 is 0 Å². The maximum absolute atomic E-state index is 12.9. The zero-order chi connectivity index (χ0) is 20.2. The normalized spacial score (nSPS) is 11.8. The number of hydrogen-bond acceptors (Lipinski definition) is 3. The summed E-state index contributed by atoms with van der Waals surface area (Å²) in [5.41, 5.74) is 3.57. The number of carbonyl (C=O) groups is 1. The summed E-state index contributed by atoms with van der Waals surface area (Å²) in [5.74, 6) is 0.381. The Morgan fingerprint density at radius 2 is 1.66 bits per heavy atom. The van der Waals surface area contributed by atoms with Crippen molar-refractivity contribution in [3.63, 3.8) is 0 Å². The van der Waals surface area contributed by atoms with Crippen molar-refractivity contribution in [1.29, 1.82) is 0 Å². The number of nitrogens with one attached hydrogen (secondary N) is 1. The summed E-state index contributed by atoms with van der Waals surface area (Å²) in [6, 6.07) is 23.8. The van der Waals surface area contributed by atoms with Gasteiger partial charge in [0.15, 0.2) is 0 Å². The fourth-order valence-corrected chi connectivity index (χ4v) is 3.44. The van der Waals surface area contributed by atoms with Gasteiger partial charge in [-0.05, 0) is 64.7 Å². The highest BCUT2D eigenvalue weighted by Crippen LogP contribution is 2.28. The molecule has 0 spiro atoms. The van der Waals surface area contributed by atoms with E-state index in [0.29, 0.717) is 11.3 Å². The Morgan fingerprint density at radius 3 is 2.41 bits per heavy atom. The number of nitrogens with zero attached hydrogens (tertiary/aromatic N) is 1. The minimum absolute atomic E-state index is 0.128. The highest BCUT2D eigenvalue weighted by Gasteiger charge is 2.16. The number of ether oxygens (including phenoxy) is 1. The third-order valence-electron chi connectivity index (χ3n) is 5.08. The topological polar surface area (TPSA) is 51.2 Å². The second kappa shape index (κ2) is 8.15. The molecule has 29 heavy (non-hydrogen) atoms. The first kappa shape index (κ1) is 18.7. The van der Waals surface area contributed by atoms with E-state index in [9.17, 15) is 4.79 Å². The Morgan fingerprint density at radius 1 is 0.897 bits per heavy atom. The van der Waals surface area contributed by atoms with Crippen molar-refractivity contribution in [2.75, 3.05) is 7.11 Å². The molecule has 1 aromatic heterocycles. The minimum Gasteiger partial charge on any atom is -0.496 e. The molecule has 1 N–H and O–H groups in total. The van der Waals surface area contributed by atoms with Crippen LogP contribution in [0.1, 0.15) is 28.9 Å². The van der Waals surface area contributed by atoms with Gasteiger partial charge in [-0.2, -0.15) is 0 Å². The molecule has 0 aliphatic rings. The summed E-state index contributed by atoms with van der Waals surface area (Å²) >= 11 is 0. The zero-order valence-electron chi connectivity index (χ0n) is 16.4. The number of benzene rings is 3. The smallest absolute Gasteiger partial charge is 0.255 e. The van der Waals surface area contributed by atoms with Crippen LogP contribution in [0, 0.1) is 0 Å². The molecule has 3 aromatic carbocycles. The summed E-state index contributed by atoms with van der Waals surface area (Å²) in [6.07, 6.45) is 3.49. The molecule has 1 heterocycles. The molecule has 4 nitrogen and oxygen atoms in total. The van der Waals surface area contributed by atoms with Crippen molar-refractivity contribution >= 4 is 16.7 Å². The largest absolute Gasteiger partial charge is 0.496 e. The van der Waals surface area contributed by atoms with E-state index in [2.05, 4.69) is 40.6 Å². The Hall–Kier alpha value is -3.66. The number of rotatable bonds is 5. The molecule has 4 rings (SSSR count). The van der Waals surface area contributed by atoms with Crippen LogP contribution in [0.4, 0.5) is 0 Å². The second-order valence-electron chi connectivity index (χ2n) is 6.95. The number of fused-ring (bicyclic) bond motifs is 1. The summed E-state index contributed by atoms with van der Waals surface area (Å²) < 4.78 is 5.50. The fourth-order valence-electron chi connectivity index (χ4n) is 3.44. The summed E-state index contributed by atoms with van der Waals surface area (Å²) in [6.45, 7) is 1.99. The highest BCUT2D eigenvalue weighted by atomic mass is 16.5. The molecule has 4 aromatic rings. The van der Waals surface area contributed by atoms with Gasteiger partial charge in [0.1, 0.15) is 5.75 Å². The molecular formula is C25H22N2O2. The maximum Gasteiger partial charge on any atom is 0.255 e. The van der Waals surface area contributed by atoms with Gasteiger partial charge in [-0.15, -0.1) is 0 Å². The summed E-state index contributed by atoms with van der Waals surface area (Å²) in [5, 5.41) is 5.42. The maximum atomic E-state index is 12.9. The van der Waals surface area contributed by atoms with Crippen LogP contribution in [0.3, 0.4) is 0 Å². The lowest BCUT2D eigenvalue weighted by molar-refractivity contribution is 0.0937. The van der Waals surface area contributed by atoms with Gasteiger partial charge >= 0.3 is 0 Å². The van der Waals surface area contributed by atoms with Crippen molar-refractivity contribution in [2.24, 2.45) is 0 Å². The summed E-state index contributed by atoms with van der Waals surface area (Å²) in [7, 11) is 1.58. The molecule has 1 atom stereocenters. The Bertz CT molecular complexity index is 1160. The van der Waals surface area contributed by atoms with Crippen LogP contribution in [0.5, 0.6) is 5.75 Å². The van der Waals surface area contributed by atoms with E-state index in [1.54, 1.807) is 25.6 Å². The monoisotopic (exact) mass is 382 g/mol. The number of amides is 1. The van der Waals surface area contributed by atoms with E-state index in [4.69, 9.17) is 4.74 Å². The predicted molar refractivity (Wildman–Crippen MR) is 116 cm³/mol. The first-order valence-corrected chi connectivity index (χ1v) is 9.54. The molecular weight excluding hydrogens is 360 g/mol. The van der Waals surface area contributed by atoms with Gasteiger partial charge in [0.25, 0.3) is 5.91 Å². The molecule has 0 aliphatic carbocycles. The number of carbonyl (C=O) groups excluding carboxylic acids is 1. The van der Waals surface area contributed by atoms with Crippen molar-refractivity contribution in [3.8, 4) is 16.9 Å². The van der Waals surface area contributed by atoms with Gasteiger partial charge in [0, 0.05) is 12.4 Å². The molecule has 0 saturated heterocycles. The van der Waals surface area contributed by atoms with Crippen LogP contribution in [-0.2, 0) is 0 Å². The van der Waals surface area contributed by atoms with Crippen LogP contribution in [-0.4, -0.2) is 18.0 Å². The number of aromatic nitrogens is 1. The van der Waals surface area contributed by atoms with E-state index in [1.165, 1.54) is 5.39 Å². The lowest BCUT2D eigenvalue weighted by Crippen LogP contribution is -2.27. The summed E-state index contributed by atoms with van der Waals surface area (Å²) in [4.78, 5) is 17.0. The van der Waals surface area contributed by atoms with Crippen LogP contribution in [0.15, 0.2) is 85.2 Å². The molecule has 144 valence electrons. The molecule has 0 radical (unpaired) electrons. The molecule has 0 unspecified atom stereocenters. The molecule has 4 heteroatoms. The van der Waals surface area contributed by atoms with Gasteiger partial charge in [-0.1, -0.05) is 42.5 Å². The van der Waals surface area contributed by atoms with Crippen LogP contribution < -0.4 is 10.1 Å². The SMILES string of the molecule is COc1cc(-c2ccncc2)ccc1C(=O)N[C@H](C)c1ccc2ccccc2c1. The number of hydrogen-bond donors (Lipinski definition) is 1. The van der Waals surface area contributed by atoms with Gasteiger partial charge in [-0.3, -0.25) is 9.78 Å². The van der Waals surface area contributed by atoms with Crippen LogP contribution in [0.25, 0.3) is 21.9 Å². The molecule has 0 bridgehead atoms.